The van der Waals surface area contributed by atoms with Crippen LogP contribution >= 0.6 is 0 Å². The molecule has 2 aromatic rings. The number of furan rings is 1. The maximum Gasteiger partial charge on any atom is 0.344 e. The molecule has 1 fully saturated rings. The Labute approximate surface area is 156 Å². The minimum Gasteiger partial charge on any atom is -0.468 e. The Kier molecular flexibility index (Phi) is 5.27. The van der Waals surface area contributed by atoms with Crippen LogP contribution in [0.4, 0.5) is 4.79 Å². The summed E-state index contributed by atoms with van der Waals surface area (Å²) in [7, 11) is 0. The van der Waals surface area contributed by atoms with E-state index >= 15 is 0 Å². The van der Waals surface area contributed by atoms with Crippen molar-refractivity contribution in [2.75, 3.05) is 6.54 Å². The SMILES string of the molecule is CC[C@@]1(c2ccccc2)NC(=O)N(NC(=O)CN[C@H](C)c2ccco2)C1=O. The lowest BCUT2D eigenvalue weighted by atomic mass is 9.87. The van der Waals surface area contributed by atoms with E-state index in [-0.39, 0.29) is 12.6 Å². The Morgan fingerprint density at radius 3 is 2.59 bits per heavy atom. The fourth-order valence-electron chi connectivity index (χ4n) is 3.09. The van der Waals surface area contributed by atoms with Crippen LogP contribution in [0.5, 0.6) is 0 Å². The lowest BCUT2D eigenvalue weighted by Gasteiger charge is -2.25. The number of rotatable bonds is 7. The minimum atomic E-state index is -1.18. The third kappa shape index (κ3) is 3.56. The molecule has 8 heteroatoms. The third-order valence-corrected chi connectivity index (χ3v) is 4.66. The maximum atomic E-state index is 12.9. The molecule has 3 rings (SSSR count). The molecule has 0 radical (unpaired) electrons. The molecule has 8 nitrogen and oxygen atoms in total. The van der Waals surface area contributed by atoms with Gasteiger partial charge < -0.3 is 9.73 Å². The molecular formula is C19H22N4O4. The predicted molar refractivity (Wildman–Crippen MR) is 97.1 cm³/mol. The predicted octanol–water partition coefficient (Wildman–Crippen LogP) is 1.82. The van der Waals surface area contributed by atoms with Gasteiger partial charge in [-0.3, -0.25) is 20.3 Å². The number of carbonyl (C=O) groups excluding carboxylic acids is 3. The van der Waals surface area contributed by atoms with E-state index in [9.17, 15) is 14.4 Å². The summed E-state index contributed by atoms with van der Waals surface area (Å²) in [4.78, 5) is 37.5. The van der Waals surface area contributed by atoms with Crippen molar-refractivity contribution in [3.63, 3.8) is 0 Å². The number of hydrogen-bond acceptors (Lipinski definition) is 5. The van der Waals surface area contributed by atoms with Gasteiger partial charge in [-0.2, -0.15) is 5.01 Å². The number of hydrogen-bond donors (Lipinski definition) is 3. The summed E-state index contributed by atoms with van der Waals surface area (Å²) in [5.41, 5.74) is 1.87. The molecule has 3 N–H and O–H groups in total. The summed E-state index contributed by atoms with van der Waals surface area (Å²) in [6, 6.07) is 11.7. The highest BCUT2D eigenvalue weighted by Gasteiger charge is 2.52. The van der Waals surface area contributed by atoms with Gasteiger partial charge in [0.1, 0.15) is 11.3 Å². The largest absolute Gasteiger partial charge is 0.468 e. The molecule has 1 saturated heterocycles. The molecule has 4 amide bonds. The molecule has 0 saturated carbocycles. The first kappa shape index (κ1) is 18.7. The zero-order valence-electron chi connectivity index (χ0n) is 15.2. The molecule has 1 aromatic heterocycles. The smallest absolute Gasteiger partial charge is 0.344 e. The van der Waals surface area contributed by atoms with Crippen molar-refractivity contribution >= 4 is 17.8 Å². The molecule has 0 unspecified atom stereocenters. The molecule has 142 valence electrons. The highest BCUT2D eigenvalue weighted by molar-refractivity contribution is 6.08. The van der Waals surface area contributed by atoms with E-state index in [4.69, 9.17) is 4.42 Å². The van der Waals surface area contributed by atoms with Crippen molar-refractivity contribution in [1.82, 2.24) is 21.1 Å². The van der Waals surface area contributed by atoms with Gasteiger partial charge in [-0.05, 0) is 31.0 Å². The van der Waals surface area contributed by atoms with Crippen LogP contribution in [0, 0.1) is 0 Å². The number of carbonyl (C=O) groups is 3. The van der Waals surface area contributed by atoms with Gasteiger partial charge in [-0.25, -0.2) is 4.79 Å². The third-order valence-electron chi connectivity index (χ3n) is 4.66. The summed E-state index contributed by atoms with van der Waals surface area (Å²) < 4.78 is 5.26. The van der Waals surface area contributed by atoms with Gasteiger partial charge in [0.05, 0.1) is 18.8 Å². The number of urea groups is 1. The second-order valence-corrected chi connectivity index (χ2v) is 6.35. The number of benzene rings is 1. The average Bonchev–Trinajstić information content (AvgIpc) is 3.30. The number of imide groups is 1. The van der Waals surface area contributed by atoms with Crippen LogP contribution in [-0.4, -0.2) is 29.4 Å². The molecule has 27 heavy (non-hydrogen) atoms. The van der Waals surface area contributed by atoms with Crippen LogP contribution in [0.2, 0.25) is 0 Å². The van der Waals surface area contributed by atoms with Crippen LogP contribution in [-0.2, 0) is 15.1 Å². The first-order valence-corrected chi connectivity index (χ1v) is 8.76. The van der Waals surface area contributed by atoms with E-state index in [0.29, 0.717) is 17.7 Å². The van der Waals surface area contributed by atoms with Crippen molar-refractivity contribution in [1.29, 1.82) is 0 Å². The van der Waals surface area contributed by atoms with Crippen LogP contribution in [0.15, 0.2) is 53.1 Å². The second-order valence-electron chi connectivity index (χ2n) is 6.35. The van der Waals surface area contributed by atoms with Crippen molar-refractivity contribution in [2.45, 2.75) is 31.8 Å². The van der Waals surface area contributed by atoms with E-state index < -0.39 is 23.4 Å². The van der Waals surface area contributed by atoms with E-state index in [2.05, 4.69) is 16.1 Å². The average molecular weight is 370 g/mol. The minimum absolute atomic E-state index is 0.0800. The summed E-state index contributed by atoms with van der Waals surface area (Å²) in [6.07, 6.45) is 1.91. The lowest BCUT2D eigenvalue weighted by molar-refractivity contribution is -0.139. The van der Waals surface area contributed by atoms with E-state index in [0.717, 1.165) is 5.01 Å². The lowest BCUT2D eigenvalue weighted by Crippen LogP contribution is -2.50. The quantitative estimate of drug-likeness (QED) is 0.645. The monoisotopic (exact) mass is 370 g/mol. The Morgan fingerprint density at radius 2 is 1.96 bits per heavy atom. The van der Waals surface area contributed by atoms with Gasteiger partial charge in [0.2, 0.25) is 0 Å². The molecule has 0 bridgehead atoms. The van der Waals surface area contributed by atoms with Crippen LogP contribution in [0.3, 0.4) is 0 Å². The van der Waals surface area contributed by atoms with Gasteiger partial charge in [-0.1, -0.05) is 37.3 Å². The van der Waals surface area contributed by atoms with E-state index in [1.807, 2.05) is 19.9 Å². The zero-order valence-corrected chi connectivity index (χ0v) is 15.2. The highest BCUT2D eigenvalue weighted by Crippen LogP contribution is 2.31. The number of nitrogens with one attached hydrogen (secondary N) is 3. The van der Waals surface area contributed by atoms with Crippen LogP contribution < -0.4 is 16.1 Å². The molecule has 1 aliphatic heterocycles. The van der Waals surface area contributed by atoms with Gasteiger partial charge >= 0.3 is 6.03 Å². The molecule has 1 aliphatic rings. The van der Waals surface area contributed by atoms with Crippen LogP contribution in [0.1, 0.15) is 37.6 Å². The maximum absolute atomic E-state index is 12.9. The molecule has 1 aromatic carbocycles. The normalized spacial score (nSPS) is 20.4. The fourth-order valence-corrected chi connectivity index (χ4v) is 3.09. The first-order valence-electron chi connectivity index (χ1n) is 8.76. The Bertz CT molecular complexity index is 821. The summed E-state index contributed by atoms with van der Waals surface area (Å²) in [6.45, 7) is 3.57. The fraction of sp³-hybridized carbons (Fsp3) is 0.316. The van der Waals surface area contributed by atoms with Gasteiger partial charge in [0, 0.05) is 0 Å². The molecule has 2 atom stereocenters. The van der Waals surface area contributed by atoms with Crippen molar-refractivity contribution in [2.24, 2.45) is 0 Å². The van der Waals surface area contributed by atoms with Crippen molar-refractivity contribution in [3.05, 3.63) is 60.1 Å². The summed E-state index contributed by atoms with van der Waals surface area (Å²) in [5.74, 6) is -0.322. The Morgan fingerprint density at radius 1 is 1.22 bits per heavy atom. The summed E-state index contributed by atoms with van der Waals surface area (Å²) in [5, 5.41) is 6.44. The molecular weight excluding hydrogens is 348 g/mol. The summed E-state index contributed by atoms with van der Waals surface area (Å²) >= 11 is 0. The Balaban J connectivity index is 1.66. The number of amides is 4. The number of hydrazine groups is 1. The first-order chi connectivity index (χ1) is 13.0. The van der Waals surface area contributed by atoms with E-state index in [1.54, 1.807) is 42.7 Å². The second kappa shape index (κ2) is 7.63. The highest BCUT2D eigenvalue weighted by atomic mass is 16.3. The standard InChI is InChI=1S/C19H22N4O4/c1-3-19(14-8-5-4-6-9-14)17(25)23(18(26)21-19)22-16(24)12-20-13(2)15-10-7-11-27-15/h4-11,13,20H,3,12H2,1-2H3,(H,21,26)(H,22,24)/t13-,19+/m1/s1. The Hall–Kier alpha value is -3.13. The zero-order chi connectivity index (χ0) is 19.4. The molecule has 2 heterocycles. The molecule has 0 spiro atoms. The topological polar surface area (TPSA) is 104 Å². The van der Waals surface area contributed by atoms with Gasteiger partial charge in [0.15, 0.2) is 0 Å². The van der Waals surface area contributed by atoms with Gasteiger partial charge in [0.25, 0.3) is 11.8 Å². The van der Waals surface area contributed by atoms with Gasteiger partial charge in [-0.15, -0.1) is 0 Å². The van der Waals surface area contributed by atoms with Crippen molar-refractivity contribution < 1.29 is 18.8 Å². The van der Waals surface area contributed by atoms with E-state index in [1.165, 1.54) is 0 Å². The van der Waals surface area contributed by atoms with Crippen molar-refractivity contribution in [3.8, 4) is 0 Å². The number of nitrogens with zero attached hydrogens (tertiary/aromatic N) is 1. The van der Waals surface area contributed by atoms with Crippen LogP contribution in [0.25, 0.3) is 0 Å². The molecule has 0 aliphatic carbocycles.